The van der Waals surface area contributed by atoms with E-state index in [-0.39, 0.29) is 0 Å². The molecule has 1 N–H and O–H groups in total. The highest BCUT2D eigenvalue weighted by Crippen LogP contribution is 2.33. The van der Waals surface area contributed by atoms with Gasteiger partial charge in [-0.3, -0.25) is 0 Å². The molecule has 0 aromatic heterocycles. The summed E-state index contributed by atoms with van der Waals surface area (Å²) in [5, 5.41) is 3.45. The van der Waals surface area contributed by atoms with Gasteiger partial charge in [-0.1, -0.05) is 18.2 Å². The van der Waals surface area contributed by atoms with Crippen molar-refractivity contribution >= 4 is 0 Å². The molecule has 1 aromatic carbocycles. The molecule has 0 saturated carbocycles. The Bertz CT molecular complexity index is 443. The van der Waals surface area contributed by atoms with Crippen molar-refractivity contribution in [2.24, 2.45) is 5.92 Å². The minimum atomic E-state index is 0.632. The van der Waals surface area contributed by atoms with E-state index in [0.29, 0.717) is 5.92 Å². The number of fused-ring (bicyclic) bond motifs is 1. The van der Waals surface area contributed by atoms with Crippen molar-refractivity contribution in [3.05, 3.63) is 29.8 Å². The van der Waals surface area contributed by atoms with E-state index in [1.165, 1.54) is 44.5 Å². The molecule has 0 radical (unpaired) electrons. The van der Waals surface area contributed by atoms with E-state index in [9.17, 15) is 0 Å². The summed E-state index contributed by atoms with van der Waals surface area (Å²) >= 11 is 0. The van der Waals surface area contributed by atoms with Crippen LogP contribution >= 0.6 is 0 Å². The minimum absolute atomic E-state index is 0.632. The number of hydrogen-bond acceptors (Lipinski definition) is 3. The highest BCUT2D eigenvalue weighted by atomic mass is 16.5. The molecule has 1 saturated heterocycles. The van der Waals surface area contributed by atoms with Gasteiger partial charge in [-0.25, -0.2) is 0 Å². The van der Waals surface area contributed by atoms with Crippen molar-refractivity contribution in [2.75, 3.05) is 39.8 Å². The normalized spacial score (nSPS) is 22.9. The fourth-order valence-corrected chi connectivity index (χ4v) is 3.65. The standard InChI is InChI=1S/C18H28N2O/c1-20(12-8-15-6-10-19-11-7-15)14-16-9-13-21-18-5-3-2-4-17(16)18/h2-5,15-16,19H,6-14H2,1H3. The molecule has 2 heterocycles. The molecule has 3 heteroatoms. The fraction of sp³-hybridized carbons (Fsp3) is 0.667. The van der Waals surface area contributed by atoms with Crippen molar-refractivity contribution in [1.82, 2.24) is 10.2 Å². The van der Waals surface area contributed by atoms with Crippen molar-refractivity contribution in [3.63, 3.8) is 0 Å². The van der Waals surface area contributed by atoms with Crippen LogP contribution in [-0.4, -0.2) is 44.7 Å². The number of para-hydroxylation sites is 1. The Morgan fingerprint density at radius 2 is 2.00 bits per heavy atom. The number of nitrogens with zero attached hydrogens (tertiary/aromatic N) is 1. The summed E-state index contributed by atoms with van der Waals surface area (Å²) in [5.41, 5.74) is 1.40. The zero-order chi connectivity index (χ0) is 14.5. The molecule has 3 rings (SSSR count). The van der Waals surface area contributed by atoms with Crippen molar-refractivity contribution in [1.29, 1.82) is 0 Å². The van der Waals surface area contributed by atoms with Crippen LogP contribution in [0.1, 0.15) is 37.2 Å². The van der Waals surface area contributed by atoms with Gasteiger partial charge in [-0.15, -0.1) is 0 Å². The van der Waals surface area contributed by atoms with Crippen molar-refractivity contribution in [2.45, 2.75) is 31.6 Å². The van der Waals surface area contributed by atoms with Crippen LogP contribution in [0.3, 0.4) is 0 Å². The molecule has 1 fully saturated rings. The topological polar surface area (TPSA) is 24.5 Å². The van der Waals surface area contributed by atoms with Gasteiger partial charge in [0.1, 0.15) is 5.75 Å². The van der Waals surface area contributed by atoms with E-state index < -0.39 is 0 Å². The third-order valence-electron chi connectivity index (χ3n) is 4.99. The SMILES string of the molecule is CN(CCC1CCNCC1)CC1CCOc2ccccc21. The van der Waals surface area contributed by atoms with Crippen LogP contribution in [0.5, 0.6) is 5.75 Å². The Morgan fingerprint density at radius 3 is 2.86 bits per heavy atom. The first-order valence-corrected chi connectivity index (χ1v) is 8.44. The molecule has 2 aliphatic rings. The number of hydrogen-bond donors (Lipinski definition) is 1. The number of nitrogens with one attached hydrogen (secondary N) is 1. The highest BCUT2D eigenvalue weighted by molar-refractivity contribution is 5.37. The third kappa shape index (κ3) is 3.98. The van der Waals surface area contributed by atoms with Gasteiger partial charge in [0, 0.05) is 12.5 Å². The second kappa shape index (κ2) is 7.28. The van der Waals surface area contributed by atoms with E-state index in [1.807, 2.05) is 0 Å². The van der Waals surface area contributed by atoms with Crippen LogP contribution in [0.4, 0.5) is 0 Å². The second-order valence-corrected chi connectivity index (χ2v) is 6.62. The predicted molar refractivity (Wildman–Crippen MR) is 87.0 cm³/mol. The molecule has 2 aliphatic heterocycles. The summed E-state index contributed by atoms with van der Waals surface area (Å²) in [6, 6.07) is 8.55. The lowest BCUT2D eigenvalue weighted by atomic mass is 9.92. The molecule has 1 aromatic rings. The average molecular weight is 288 g/mol. The first-order chi connectivity index (χ1) is 10.3. The maximum absolute atomic E-state index is 5.76. The summed E-state index contributed by atoms with van der Waals surface area (Å²) < 4.78 is 5.76. The molecular weight excluding hydrogens is 260 g/mol. The van der Waals surface area contributed by atoms with E-state index in [0.717, 1.165) is 31.2 Å². The lowest BCUT2D eigenvalue weighted by Gasteiger charge is -2.30. The van der Waals surface area contributed by atoms with Gasteiger partial charge in [-0.2, -0.15) is 0 Å². The summed E-state index contributed by atoms with van der Waals surface area (Å²) in [4.78, 5) is 2.52. The van der Waals surface area contributed by atoms with E-state index in [2.05, 4.69) is 41.5 Å². The molecule has 1 unspecified atom stereocenters. The molecule has 0 amide bonds. The van der Waals surface area contributed by atoms with Crippen LogP contribution in [-0.2, 0) is 0 Å². The number of likely N-dealkylation sites (N-methyl/N-ethyl adjacent to an activating group) is 1. The monoisotopic (exact) mass is 288 g/mol. The number of benzene rings is 1. The summed E-state index contributed by atoms with van der Waals surface area (Å²) in [6.45, 7) is 5.67. The lowest BCUT2D eigenvalue weighted by molar-refractivity contribution is 0.219. The highest BCUT2D eigenvalue weighted by Gasteiger charge is 2.22. The number of rotatable bonds is 5. The van der Waals surface area contributed by atoms with Crippen LogP contribution < -0.4 is 10.1 Å². The number of piperidine rings is 1. The molecule has 3 nitrogen and oxygen atoms in total. The summed E-state index contributed by atoms with van der Waals surface area (Å²) in [6.07, 6.45) is 5.21. The van der Waals surface area contributed by atoms with Gasteiger partial charge in [0.05, 0.1) is 6.61 Å². The van der Waals surface area contributed by atoms with Gasteiger partial charge in [-0.05, 0) is 69.9 Å². The molecular formula is C18H28N2O. The van der Waals surface area contributed by atoms with E-state index in [4.69, 9.17) is 4.74 Å². The molecule has 21 heavy (non-hydrogen) atoms. The van der Waals surface area contributed by atoms with Gasteiger partial charge in [0.2, 0.25) is 0 Å². The number of ether oxygens (including phenoxy) is 1. The van der Waals surface area contributed by atoms with Gasteiger partial charge in [0.25, 0.3) is 0 Å². The minimum Gasteiger partial charge on any atom is -0.493 e. The van der Waals surface area contributed by atoms with Crippen molar-refractivity contribution in [3.8, 4) is 5.75 Å². The first-order valence-electron chi connectivity index (χ1n) is 8.44. The average Bonchev–Trinajstić information content (AvgIpc) is 2.54. The lowest BCUT2D eigenvalue weighted by Crippen LogP contribution is -2.32. The van der Waals surface area contributed by atoms with Gasteiger partial charge < -0.3 is 15.0 Å². The maximum Gasteiger partial charge on any atom is 0.122 e. The first kappa shape index (κ1) is 14.9. The Morgan fingerprint density at radius 1 is 1.19 bits per heavy atom. The molecule has 1 atom stereocenters. The molecule has 0 bridgehead atoms. The summed E-state index contributed by atoms with van der Waals surface area (Å²) in [7, 11) is 2.28. The van der Waals surface area contributed by atoms with Crippen LogP contribution in [0, 0.1) is 5.92 Å². The van der Waals surface area contributed by atoms with Crippen molar-refractivity contribution < 1.29 is 4.74 Å². The Balaban J connectivity index is 1.49. The summed E-state index contributed by atoms with van der Waals surface area (Å²) in [5.74, 6) is 2.66. The molecule has 0 spiro atoms. The third-order valence-corrected chi connectivity index (χ3v) is 4.99. The zero-order valence-corrected chi connectivity index (χ0v) is 13.2. The smallest absolute Gasteiger partial charge is 0.122 e. The quantitative estimate of drug-likeness (QED) is 0.901. The van der Waals surface area contributed by atoms with Crippen LogP contribution in [0.2, 0.25) is 0 Å². The zero-order valence-electron chi connectivity index (χ0n) is 13.2. The molecule has 116 valence electrons. The van der Waals surface area contributed by atoms with Crippen LogP contribution in [0.25, 0.3) is 0 Å². The van der Waals surface area contributed by atoms with E-state index >= 15 is 0 Å². The Labute approximate surface area is 128 Å². The predicted octanol–water partition coefficient (Wildman–Crippen LogP) is 2.87. The van der Waals surface area contributed by atoms with Gasteiger partial charge >= 0.3 is 0 Å². The fourth-order valence-electron chi connectivity index (χ4n) is 3.65. The molecule has 0 aliphatic carbocycles. The van der Waals surface area contributed by atoms with Gasteiger partial charge in [0.15, 0.2) is 0 Å². The Kier molecular flexibility index (Phi) is 5.15. The maximum atomic E-state index is 5.76. The Hall–Kier alpha value is -1.06. The largest absolute Gasteiger partial charge is 0.493 e. The van der Waals surface area contributed by atoms with E-state index in [1.54, 1.807) is 0 Å². The van der Waals surface area contributed by atoms with Crippen LogP contribution in [0.15, 0.2) is 24.3 Å². The second-order valence-electron chi connectivity index (χ2n) is 6.62.